The van der Waals surface area contributed by atoms with Crippen LogP contribution in [0.15, 0.2) is 42.5 Å². The minimum Gasteiger partial charge on any atom is -0.372 e. The van der Waals surface area contributed by atoms with Gasteiger partial charge in [0.15, 0.2) is 0 Å². The van der Waals surface area contributed by atoms with Crippen molar-refractivity contribution < 1.29 is 14.4 Å². The molecular formula is C21H26N4O3. The van der Waals surface area contributed by atoms with Gasteiger partial charge in [-0.05, 0) is 56.3 Å². The van der Waals surface area contributed by atoms with Gasteiger partial charge in [0, 0.05) is 55.2 Å². The van der Waals surface area contributed by atoms with Crippen molar-refractivity contribution in [2.45, 2.75) is 27.7 Å². The van der Waals surface area contributed by atoms with Crippen LogP contribution in [0.4, 0.5) is 22.7 Å². The zero-order valence-corrected chi connectivity index (χ0v) is 16.6. The Labute approximate surface area is 165 Å². The van der Waals surface area contributed by atoms with Crippen LogP contribution < -0.4 is 20.9 Å². The molecule has 28 heavy (non-hydrogen) atoms. The molecule has 2 aromatic carbocycles. The molecule has 2 aromatic rings. The first-order valence-electron chi connectivity index (χ1n) is 9.19. The quantitative estimate of drug-likeness (QED) is 0.681. The summed E-state index contributed by atoms with van der Waals surface area (Å²) in [6.07, 6.45) is 0. The van der Waals surface area contributed by atoms with Gasteiger partial charge in [-0.25, -0.2) is 0 Å². The van der Waals surface area contributed by atoms with Gasteiger partial charge < -0.3 is 20.9 Å². The number of anilines is 4. The fourth-order valence-electron chi connectivity index (χ4n) is 2.86. The number of amides is 3. The third-order valence-corrected chi connectivity index (χ3v) is 4.09. The van der Waals surface area contributed by atoms with E-state index >= 15 is 0 Å². The van der Waals surface area contributed by atoms with Gasteiger partial charge in [0.05, 0.1) is 0 Å². The van der Waals surface area contributed by atoms with E-state index in [0.717, 1.165) is 18.8 Å². The van der Waals surface area contributed by atoms with Gasteiger partial charge in [0.25, 0.3) is 5.91 Å². The number of hydrogen-bond donors (Lipinski definition) is 3. The lowest BCUT2D eigenvalue weighted by Crippen LogP contribution is -2.21. The highest BCUT2D eigenvalue weighted by atomic mass is 16.2. The highest BCUT2D eigenvalue weighted by molar-refractivity contribution is 6.06. The van der Waals surface area contributed by atoms with Gasteiger partial charge in [-0.15, -0.1) is 0 Å². The molecule has 3 amide bonds. The fraction of sp³-hybridized carbons (Fsp3) is 0.286. The summed E-state index contributed by atoms with van der Waals surface area (Å²) in [6.45, 7) is 8.75. The molecule has 0 fully saturated rings. The highest BCUT2D eigenvalue weighted by Crippen LogP contribution is 2.22. The Morgan fingerprint density at radius 3 is 1.68 bits per heavy atom. The van der Waals surface area contributed by atoms with E-state index in [4.69, 9.17) is 0 Å². The van der Waals surface area contributed by atoms with Crippen molar-refractivity contribution in [3.8, 4) is 0 Å². The molecule has 2 rings (SSSR count). The van der Waals surface area contributed by atoms with Gasteiger partial charge in [0.1, 0.15) is 0 Å². The number of carbonyl (C=O) groups is 3. The second kappa shape index (κ2) is 9.55. The summed E-state index contributed by atoms with van der Waals surface area (Å²) in [6, 6.07) is 12.3. The predicted molar refractivity (Wildman–Crippen MR) is 113 cm³/mol. The highest BCUT2D eigenvalue weighted by Gasteiger charge is 2.11. The van der Waals surface area contributed by atoms with Crippen molar-refractivity contribution in [3.05, 3.63) is 48.0 Å². The smallest absolute Gasteiger partial charge is 0.255 e. The van der Waals surface area contributed by atoms with Crippen molar-refractivity contribution in [3.63, 3.8) is 0 Å². The molecule has 0 bridgehead atoms. The van der Waals surface area contributed by atoms with E-state index in [1.54, 1.807) is 18.2 Å². The van der Waals surface area contributed by atoms with Gasteiger partial charge in [-0.3, -0.25) is 14.4 Å². The third-order valence-electron chi connectivity index (χ3n) is 4.09. The number of carbonyl (C=O) groups excluding carboxylic acids is 3. The lowest BCUT2D eigenvalue weighted by molar-refractivity contribution is -0.115. The lowest BCUT2D eigenvalue weighted by atomic mass is 10.1. The molecular weight excluding hydrogens is 356 g/mol. The summed E-state index contributed by atoms with van der Waals surface area (Å²) in [5.41, 5.74) is 2.93. The first-order chi connectivity index (χ1) is 13.3. The van der Waals surface area contributed by atoms with E-state index in [1.807, 2.05) is 24.3 Å². The molecule has 7 nitrogen and oxygen atoms in total. The number of benzene rings is 2. The van der Waals surface area contributed by atoms with Crippen molar-refractivity contribution in [1.82, 2.24) is 0 Å². The first-order valence-corrected chi connectivity index (χ1v) is 9.19. The van der Waals surface area contributed by atoms with Crippen LogP contribution in [0.3, 0.4) is 0 Å². The second-order valence-corrected chi connectivity index (χ2v) is 6.33. The molecule has 0 radical (unpaired) electrons. The van der Waals surface area contributed by atoms with E-state index in [9.17, 15) is 14.4 Å². The molecule has 0 spiro atoms. The van der Waals surface area contributed by atoms with Gasteiger partial charge in [0.2, 0.25) is 11.8 Å². The zero-order chi connectivity index (χ0) is 20.7. The molecule has 3 N–H and O–H groups in total. The topological polar surface area (TPSA) is 90.5 Å². The van der Waals surface area contributed by atoms with Crippen molar-refractivity contribution in [1.29, 1.82) is 0 Å². The maximum atomic E-state index is 12.7. The van der Waals surface area contributed by atoms with Crippen molar-refractivity contribution >= 4 is 40.5 Å². The average molecular weight is 382 g/mol. The van der Waals surface area contributed by atoms with Crippen LogP contribution >= 0.6 is 0 Å². The molecule has 0 heterocycles. The molecule has 0 aromatic heterocycles. The van der Waals surface area contributed by atoms with Crippen LogP contribution in [0.1, 0.15) is 38.1 Å². The van der Waals surface area contributed by atoms with E-state index in [-0.39, 0.29) is 17.7 Å². The maximum absolute atomic E-state index is 12.7. The SMILES string of the molecule is CCN(CC)c1ccc(NC(=O)c2cc(NC(C)=O)cc(NC(C)=O)c2)cc1. The number of nitrogens with one attached hydrogen (secondary N) is 3. The lowest BCUT2D eigenvalue weighted by Gasteiger charge is -2.21. The number of nitrogens with zero attached hydrogens (tertiary/aromatic N) is 1. The van der Waals surface area contributed by atoms with Crippen LogP contribution in [0.5, 0.6) is 0 Å². The summed E-state index contributed by atoms with van der Waals surface area (Å²) in [5.74, 6) is -0.869. The Morgan fingerprint density at radius 1 is 0.750 bits per heavy atom. The monoisotopic (exact) mass is 382 g/mol. The van der Waals surface area contributed by atoms with Gasteiger partial charge in [-0.1, -0.05) is 0 Å². The van der Waals surface area contributed by atoms with Crippen LogP contribution in [-0.2, 0) is 9.59 Å². The molecule has 0 saturated heterocycles. The molecule has 0 aliphatic heterocycles. The zero-order valence-electron chi connectivity index (χ0n) is 16.6. The second-order valence-electron chi connectivity index (χ2n) is 6.33. The molecule has 0 atom stereocenters. The predicted octanol–water partition coefficient (Wildman–Crippen LogP) is 3.70. The van der Waals surface area contributed by atoms with Crippen molar-refractivity contribution in [2.24, 2.45) is 0 Å². The summed E-state index contributed by atoms with van der Waals surface area (Å²) in [4.78, 5) is 37.6. The Kier molecular flexibility index (Phi) is 7.14. The molecule has 0 aliphatic carbocycles. The Balaban J connectivity index is 2.22. The largest absolute Gasteiger partial charge is 0.372 e. The van der Waals surface area contributed by atoms with E-state index in [0.29, 0.717) is 22.6 Å². The number of hydrogen-bond acceptors (Lipinski definition) is 4. The number of rotatable bonds is 7. The summed E-state index contributed by atoms with van der Waals surface area (Å²) < 4.78 is 0. The van der Waals surface area contributed by atoms with Gasteiger partial charge >= 0.3 is 0 Å². The Morgan fingerprint density at radius 2 is 1.25 bits per heavy atom. The van der Waals surface area contributed by atoms with E-state index < -0.39 is 0 Å². The van der Waals surface area contributed by atoms with Crippen LogP contribution in [0.25, 0.3) is 0 Å². The standard InChI is InChI=1S/C21H26N4O3/c1-5-25(6-2)20-9-7-17(8-10-20)24-21(28)16-11-18(22-14(3)26)13-19(12-16)23-15(4)27/h7-13H,5-6H2,1-4H3,(H,22,26)(H,23,27)(H,24,28). The fourth-order valence-corrected chi connectivity index (χ4v) is 2.86. The molecule has 0 unspecified atom stereocenters. The summed E-state index contributed by atoms with van der Waals surface area (Å²) in [5, 5.41) is 8.11. The molecule has 0 aliphatic rings. The van der Waals surface area contributed by atoms with E-state index in [2.05, 4.69) is 34.7 Å². The maximum Gasteiger partial charge on any atom is 0.255 e. The average Bonchev–Trinajstić information content (AvgIpc) is 2.62. The minimum absolute atomic E-state index is 0.265. The van der Waals surface area contributed by atoms with Crippen LogP contribution in [-0.4, -0.2) is 30.8 Å². The first kappa shape index (κ1) is 21.0. The van der Waals surface area contributed by atoms with Gasteiger partial charge in [-0.2, -0.15) is 0 Å². The van der Waals surface area contributed by atoms with Crippen LogP contribution in [0.2, 0.25) is 0 Å². The Hall–Kier alpha value is -3.35. The molecule has 148 valence electrons. The van der Waals surface area contributed by atoms with E-state index in [1.165, 1.54) is 13.8 Å². The van der Waals surface area contributed by atoms with Crippen LogP contribution in [0, 0.1) is 0 Å². The third kappa shape index (κ3) is 5.84. The summed E-state index contributed by atoms with van der Waals surface area (Å²) >= 11 is 0. The normalized spacial score (nSPS) is 10.1. The molecule has 7 heteroatoms. The van der Waals surface area contributed by atoms with Crippen molar-refractivity contribution in [2.75, 3.05) is 33.9 Å². The Bertz CT molecular complexity index is 824. The summed E-state index contributed by atoms with van der Waals surface area (Å²) in [7, 11) is 0. The minimum atomic E-state index is -0.339. The molecule has 0 saturated carbocycles.